The Morgan fingerprint density at radius 3 is 2.57 bits per heavy atom. The lowest BCUT2D eigenvalue weighted by molar-refractivity contribution is 0.622. The third kappa shape index (κ3) is 1.66. The van der Waals surface area contributed by atoms with E-state index >= 15 is 0 Å². The van der Waals surface area contributed by atoms with E-state index in [0.29, 0.717) is 11.4 Å². The van der Waals surface area contributed by atoms with Crippen molar-refractivity contribution in [2.24, 2.45) is 0 Å². The van der Waals surface area contributed by atoms with Crippen LogP contribution in [0.2, 0.25) is 0 Å². The van der Waals surface area contributed by atoms with Gasteiger partial charge >= 0.3 is 0 Å². The summed E-state index contributed by atoms with van der Waals surface area (Å²) in [5.41, 5.74) is 6.55. The molecular formula is C9H7FN4. The number of anilines is 1. The van der Waals surface area contributed by atoms with Crippen molar-refractivity contribution in [1.82, 2.24) is 15.0 Å². The second kappa shape index (κ2) is 3.37. The van der Waals surface area contributed by atoms with Gasteiger partial charge in [0, 0.05) is 6.20 Å². The maximum Gasteiger partial charge on any atom is 0.220 e. The number of nitrogens with two attached hydrogens (primary N) is 1. The molecule has 0 radical (unpaired) electrons. The zero-order chi connectivity index (χ0) is 9.97. The average molecular weight is 190 g/mol. The maximum atomic E-state index is 12.6. The molecule has 2 aromatic rings. The number of nitrogens with zero attached hydrogens (tertiary/aromatic N) is 3. The standard InChI is InChI=1S/C9H7FN4/c10-6-1-2-7(13-5-6)8-3-4-12-9(11)14-8/h1-5H,(H2,11,12,14). The van der Waals surface area contributed by atoms with Gasteiger partial charge in [-0.15, -0.1) is 0 Å². The summed E-state index contributed by atoms with van der Waals surface area (Å²) in [6.45, 7) is 0. The molecule has 70 valence electrons. The van der Waals surface area contributed by atoms with E-state index in [1.807, 2.05) is 0 Å². The smallest absolute Gasteiger partial charge is 0.220 e. The zero-order valence-electron chi connectivity index (χ0n) is 7.18. The van der Waals surface area contributed by atoms with Crippen LogP contribution < -0.4 is 5.73 Å². The molecule has 0 aliphatic rings. The predicted molar refractivity (Wildman–Crippen MR) is 49.6 cm³/mol. The minimum atomic E-state index is -0.379. The summed E-state index contributed by atoms with van der Waals surface area (Å²) in [5, 5.41) is 0. The molecule has 0 atom stereocenters. The average Bonchev–Trinajstić information content (AvgIpc) is 2.19. The van der Waals surface area contributed by atoms with Crippen molar-refractivity contribution in [3.8, 4) is 11.4 Å². The molecule has 2 aromatic heterocycles. The van der Waals surface area contributed by atoms with Crippen molar-refractivity contribution in [1.29, 1.82) is 0 Å². The highest BCUT2D eigenvalue weighted by atomic mass is 19.1. The van der Waals surface area contributed by atoms with Gasteiger partial charge in [-0.25, -0.2) is 14.4 Å². The van der Waals surface area contributed by atoms with Gasteiger partial charge in [-0.3, -0.25) is 4.98 Å². The number of hydrogen-bond donors (Lipinski definition) is 1. The van der Waals surface area contributed by atoms with Crippen LogP contribution in [0.5, 0.6) is 0 Å². The van der Waals surface area contributed by atoms with Crippen LogP contribution in [0.3, 0.4) is 0 Å². The lowest BCUT2D eigenvalue weighted by atomic mass is 10.2. The summed E-state index contributed by atoms with van der Waals surface area (Å²) in [6.07, 6.45) is 2.66. The molecule has 0 unspecified atom stereocenters. The van der Waals surface area contributed by atoms with Crippen LogP contribution in [0.25, 0.3) is 11.4 Å². The lowest BCUT2D eigenvalue weighted by Gasteiger charge is -1.99. The van der Waals surface area contributed by atoms with E-state index in [1.54, 1.807) is 6.07 Å². The SMILES string of the molecule is Nc1nccc(-c2ccc(F)cn2)n1. The Labute approximate surface area is 79.7 Å². The Balaban J connectivity index is 2.44. The molecule has 0 spiro atoms. The van der Waals surface area contributed by atoms with Gasteiger partial charge in [-0.05, 0) is 18.2 Å². The van der Waals surface area contributed by atoms with Crippen molar-refractivity contribution in [3.63, 3.8) is 0 Å². The molecule has 5 heteroatoms. The summed E-state index contributed by atoms with van der Waals surface area (Å²) in [5.74, 6) is -0.204. The predicted octanol–water partition coefficient (Wildman–Crippen LogP) is 1.26. The Hall–Kier alpha value is -2.04. The van der Waals surface area contributed by atoms with Gasteiger partial charge in [-0.1, -0.05) is 0 Å². The molecule has 4 nitrogen and oxygen atoms in total. The van der Waals surface area contributed by atoms with Crippen molar-refractivity contribution in [2.75, 3.05) is 5.73 Å². The third-order valence-electron chi connectivity index (χ3n) is 1.66. The lowest BCUT2D eigenvalue weighted by Crippen LogP contribution is -1.96. The minimum absolute atomic E-state index is 0.175. The van der Waals surface area contributed by atoms with Crippen LogP contribution in [0.4, 0.5) is 10.3 Å². The van der Waals surface area contributed by atoms with Gasteiger partial charge in [0.05, 0.1) is 17.6 Å². The molecule has 2 N–H and O–H groups in total. The van der Waals surface area contributed by atoms with Crippen molar-refractivity contribution in [3.05, 3.63) is 36.4 Å². The number of nitrogen functional groups attached to an aromatic ring is 1. The van der Waals surface area contributed by atoms with Crippen LogP contribution >= 0.6 is 0 Å². The highest BCUT2D eigenvalue weighted by molar-refractivity contribution is 5.54. The summed E-state index contributed by atoms with van der Waals surface area (Å²) >= 11 is 0. The topological polar surface area (TPSA) is 64.7 Å². The summed E-state index contributed by atoms with van der Waals surface area (Å²) in [4.78, 5) is 11.6. The van der Waals surface area contributed by atoms with Crippen LogP contribution in [0.1, 0.15) is 0 Å². The van der Waals surface area contributed by atoms with Crippen LogP contribution in [-0.2, 0) is 0 Å². The Morgan fingerprint density at radius 1 is 1.07 bits per heavy atom. The quantitative estimate of drug-likeness (QED) is 0.735. The fraction of sp³-hybridized carbons (Fsp3) is 0. The number of aromatic nitrogens is 3. The van der Waals surface area contributed by atoms with E-state index in [2.05, 4.69) is 15.0 Å². The highest BCUT2D eigenvalue weighted by Crippen LogP contribution is 2.13. The molecule has 0 amide bonds. The molecule has 2 rings (SSSR count). The van der Waals surface area contributed by atoms with Gasteiger partial charge < -0.3 is 5.73 Å². The van der Waals surface area contributed by atoms with Crippen molar-refractivity contribution in [2.45, 2.75) is 0 Å². The number of hydrogen-bond acceptors (Lipinski definition) is 4. The maximum absolute atomic E-state index is 12.6. The molecule has 0 saturated heterocycles. The zero-order valence-corrected chi connectivity index (χ0v) is 7.18. The molecule has 0 aliphatic heterocycles. The molecule has 2 heterocycles. The van der Waals surface area contributed by atoms with Crippen molar-refractivity contribution >= 4 is 5.95 Å². The van der Waals surface area contributed by atoms with Crippen LogP contribution in [-0.4, -0.2) is 15.0 Å². The molecule has 0 aromatic carbocycles. The van der Waals surface area contributed by atoms with E-state index in [9.17, 15) is 4.39 Å². The number of pyridine rings is 1. The van der Waals surface area contributed by atoms with E-state index < -0.39 is 0 Å². The highest BCUT2D eigenvalue weighted by Gasteiger charge is 2.01. The molecule has 0 bridgehead atoms. The van der Waals surface area contributed by atoms with E-state index in [1.165, 1.54) is 18.3 Å². The Morgan fingerprint density at radius 2 is 1.93 bits per heavy atom. The third-order valence-corrected chi connectivity index (χ3v) is 1.66. The first kappa shape index (κ1) is 8.55. The van der Waals surface area contributed by atoms with Gasteiger partial charge in [0.15, 0.2) is 0 Å². The monoisotopic (exact) mass is 190 g/mol. The van der Waals surface area contributed by atoms with Gasteiger partial charge in [-0.2, -0.15) is 0 Å². The number of rotatable bonds is 1. The minimum Gasteiger partial charge on any atom is -0.368 e. The summed E-state index contributed by atoms with van der Waals surface area (Å²) in [7, 11) is 0. The molecule has 0 aliphatic carbocycles. The first-order chi connectivity index (χ1) is 6.75. The molecule has 0 fully saturated rings. The normalized spacial score (nSPS) is 10.1. The number of halogens is 1. The fourth-order valence-electron chi connectivity index (χ4n) is 1.04. The van der Waals surface area contributed by atoms with E-state index in [4.69, 9.17) is 5.73 Å². The Kier molecular flexibility index (Phi) is 2.06. The van der Waals surface area contributed by atoms with Gasteiger partial charge in [0.25, 0.3) is 0 Å². The molecule has 0 saturated carbocycles. The molecular weight excluding hydrogens is 183 g/mol. The van der Waals surface area contributed by atoms with Crippen LogP contribution in [0, 0.1) is 5.82 Å². The largest absolute Gasteiger partial charge is 0.368 e. The second-order valence-electron chi connectivity index (χ2n) is 2.66. The fourth-order valence-corrected chi connectivity index (χ4v) is 1.04. The summed E-state index contributed by atoms with van der Waals surface area (Å²) in [6, 6.07) is 4.52. The van der Waals surface area contributed by atoms with Crippen LogP contribution in [0.15, 0.2) is 30.6 Å². The van der Waals surface area contributed by atoms with E-state index in [0.717, 1.165) is 6.20 Å². The first-order valence-corrected chi connectivity index (χ1v) is 3.96. The van der Waals surface area contributed by atoms with E-state index in [-0.39, 0.29) is 11.8 Å². The van der Waals surface area contributed by atoms with Gasteiger partial charge in [0.1, 0.15) is 5.82 Å². The molecule has 14 heavy (non-hydrogen) atoms. The summed E-state index contributed by atoms with van der Waals surface area (Å²) < 4.78 is 12.6. The Bertz CT molecular complexity index is 441. The van der Waals surface area contributed by atoms with Gasteiger partial charge in [0.2, 0.25) is 5.95 Å². The van der Waals surface area contributed by atoms with Crippen molar-refractivity contribution < 1.29 is 4.39 Å². The first-order valence-electron chi connectivity index (χ1n) is 3.96. The second-order valence-corrected chi connectivity index (χ2v) is 2.66.